The molecule has 5 aromatic rings. The second kappa shape index (κ2) is 12.8. The minimum absolute atomic E-state index is 0.0506. The maximum Gasteiger partial charge on any atom is 0.270 e. The number of anilines is 1. The number of carbonyl (C=O) groups is 2. The van der Waals surface area contributed by atoms with Crippen LogP contribution in [0.4, 0.5) is 5.69 Å². The molecule has 0 saturated heterocycles. The maximum absolute atomic E-state index is 13.5. The summed E-state index contributed by atoms with van der Waals surface area (Å²) in [5.74, 6) is 2.21. The highest BCUT2D eigenvalue weighted by Crippen LogP contribution is 2.38. The van der Waals surface area contributed by atoms with Gasteiger partial charge in [0.05, 0.1) is 35.5 Å². The number of carbonyl (C=O) groups excluding carboxylic acids is 2. The minimum Gasteiger partial charge on any atom is -0.493 e. The summed E-state index contributed by atoms with van der Waals surface area (Å²) >= 11 is 0. The van der Waals surface area contributed by atoms with Gasteiger partial charge in [-0.3, -0.25) is 9.59 Å². The molecule has 0 aliphatic carbocycles. The molecule has 2 N–H and O–H groups in total. The lowest BCUT2D eigenvalue weighted by Gasteiger charge is -2.29. The zero-order valence-electron chi connectivity index (χ0n) is 26.4. The molecule has 0 radical (unpaired) electrons. The Labute approximate surface area is 266 Å². The molecule has 1 aliphatic rings. The first kappa shape index (κ1) is 30.4. The van der Waals surface area contributed by atoms with Gasteiger partial charge in [0.15, 0.2) is 23.0 Å². The third kappa shape index (κ3) is 5.77. The lowest BCUT2D eigenvalue weighted by atomic mass is 9.98. The van der Waals surface area contributed by atoms with Crippen molar-refractivity contribution < 1.29 is 33.3 Å². The molecule has 4 aromatic carbocycles. The van der Waals surface area contributed by atoms with E-state index in [1.165, 1.54) is 21.3 Å². The number of amides is 2. The smallest absolute Gasteiger partial charge is 0.270 e. The van der Waals surface area contributed by atoms with Gasteiger partial charge in [-0.1, -0.05) is 18.2 Å². The van der Waals surface area contributed by atoms with E-state index in [9.17, 15) is 9.59 Å². The van der Waals surface area contributed by atoms with Crippen molar-refractivity contribution >= 4 is 28.4 Å². The van der Waals surface area contributed by atoms with Crippen molar-refractivity contribution in [3.8, 4) is 39.9 Å². The van der Waals surface area contributed by atoms with Crippen LogP contribution in [0.5, 0.6) is 28.7 Å². The Morgan fingerprint density at radius 3 is 1.96 bits per heavy atom. The molecule has 0 fully saturated rings. The number of fused-ring (bicyclic) bond motifs is 2. The molecule has 1 aliphatic heterocycles. The van der Waals surface area contributed by atoms with Gasteiger partial charge >= 0.3 is 0 Å². The monoisotopic (exact) mass is 621 g/mol. The van der Waals surface area contributed by atoms with Crippen LogP contribution in [0, 0.1) is 0 Å². The van der Waals surface area contributed by atoms with E-state index in [-0.39, 0.29) is 11.8 Å². The van der Waals surface area contributed by atoms with E-state index in [1.54, 1.807) is 26.4 Å². The number of methoxy groups -OCH3 is 5. The summed E-state index contributed by atoms with van der Waals surface area (Å²) in [7, 11) is 7.76. The molecule has 2 heterocycles. The van der Waals surface area contributed by atoms with E-state index < -0.39 is 0 Å². The van der Waals surface area contributed by atoms with Gasteiger partial charge in [0.1, 0.15) is 5.69 Å². The average Bonchev–Trinajstić information content (AvgIpc) is 3.53. The number of rotatable bonds is 9. The number of nitrogens with zero attached hydrogens (tertiary/aromatic N) is 1. The Morgan fingerprint density at radius 2 is 1.33 bits per heavy atom. The fourth-order valence-electron chi connectivity index (χ4n) is 5.82. The molecule has 0 unspecified atom stereocenters. The van der Waals surface area contributed by atoms with Crippen molar-refractivity contribution in [2.24, 2.45) is 0 Å². The second-order valence-corrected chi connectivity index (χ2v) is 10.9. The summed E-state index contributed by atoms with van der Waals surface area (Å²) in [6.45, 7) is 1.11. The third-order valence-electron chi connectivity index (χ3n) is 8.26. The van der Waals surface area contributed by atoms with E-state index in [2.05, 4.69) is 16.4 Å². The number of ether oxygens (including phenoxy) is 5. The maximum atomic E-state index is 13.5. The first-order valence-corrected chi connectivity index (χ1v) is 14.7. The van der Waals surface area contributed by atoms with E-state index in [1.807, 2.05) is 59.5 Å². The molecule has 10 heteroatoms. The first-order valence-electron chi connectivity index (χ1n) is 14.7. The highest BCUT2D eigenvalue weighted by atomic mass is 16.5. The van der Waals surface area contributed by atoms with Crippen molar-refractivity contribution in [3.63, 3.8) is 0 Å². The minimum atomic E-state index is -0.311. The zero-order chi connectivity index (χ0) is 32.4. The summed E-state index contributed by atoms with van der Waals surface area (Å²) in [5.41, 5.74) is 6.60. The Kier molecular flexibility index (Phi) is 8.43. The van der Waals surface area contributed by atoms with Crippen LogP contribution < -0.4 is 29.0 Å². The van der Waals surface area contributed by atoms with Crippen molar-refractivity contribution in [2.75, 3.05) is 47.4 Å². The largest absolute Gasteiger partial charge is 0.493 e. The summed E-state index contributed by atoms with van der Waals surface area (Å²) in [5, 5.41) is 3.86. The summed E-state index contributed by atoms with van der Waals surface area (Å²) in [6.07, 6.45) is 0.741. The van der Waals surface area contributed by atoms with Gasteiger partial charge in [0.25, 0.3) is 11.8 Å². The number of benzene rings is 4. The Hall–Kier alpha value is -5.64. The van der Waals surface area contributed by atoms with E-state index in [0.717, 1.165) is 39.6 Å². The predicted molar refractivity (Wildman–Crippen MR) is 176 cm³/mol. The fourth-order valence-corrected chi connectivity index (χ4v) is 5.82. The van der Waals surface area contributed by atoms with Gasteiger partial charge in [-0.2, -0.15) is 0 Å². The molecular formula is C36H35N3O7. The van der Waals surface area contributed by atoms with Gasteiger partial charge in [-0.05, 0) is 83.3 Å². The van der Waals surface area contributed by atoms with Crippen molar-refractivity contribution in [1.29, 1.82) is 0 Å². The molecule has 1 aromatic heterocycles. The number of hydrogen-bond acceptors (Lipinski definition) is 7. The van der Waals surface area contributed by atoms with Gasteiger partial charge in [0, 0.05) is 35.2 Å². The average molecular weight is 622 g/mol. The zero-order valence-corrected chi connectivity index (χ0v) is 26.4. The third-order valence-corrected chi connectivity index (χ3v) is 8.26. The Balaban J connectivity index is 1.16. The van der Waals surface area contributed by atoms with E-state index in [0.29, 0.717) is 58.8 Å². The number of hydrogen-bond donors (Lipinski definition) is 2. The molecule has 0 atom stereocenters. The van der Waals surface area contributed by atoms with Crippen molar-refractivity contribution in [1.82, 2.24) is 9.88 Å². The Morgan fingerprint density at radius 1 is 0.696 bits per heavy atom. The molecule has 0 bridgehead atoms. The quantitative estimate of drug-likeness (QED) is 0.198. The molecular weight excluding hydrogens is 586 g/mol. The summed E-state index contributed by atoms with van der Waals surface area (Å²) in [6, 6.07) is 22.7. The standard InChI is InChI=1S/C36H35N3O7/c1-42-30-16-23-12-13-39(20-26(23)19-31(30)43-2)36(41)29-15-24-14-22(8-11-28(24)38-29)21-6-9-27(10-7-21)37-35(40)25-17-32(44-3)34(46-5)33(18-25)45-4/h6-11,14-19,38H,12-13,20H2,1-5H3,(H,37,40). The SMILES string of the molecule is COc1cc2c(cc1OC)CN(C(=O)c1cc3cc(-c4ccc(NC(=O)c5cc(OC)c(OC)c(OC)c5)cc4)ccc3[nH]1)CC2. The van der Waals surface area contributed by atoms with Crippen molar-refractivity contribution in [3.05, 3.63) is 95.2 Å². The van der Waals surface area contributed by atoms with Gasteiger partial charge in [-0.25, -0.2) is 0 Å². The molecule has 0 spiro atoms. The van der Waals surface area contributed by atoms with Gasteiger partial charge in [0.2, 0.25) is 5.75 Å². The number of H-pyrrole nitrogens is 1. The molecule has 2 amide bonds. The first-order chi connectivity index (χ1) is 22.3. The van der Waals surface area contributed by atoms with Crippen LogP contribution in [-0.2, 0) is 13.0 Å². The lowest BCUT2D eigenvalue weighted by molar-refractivity contribution is 0.0729. The molecule has 0 saturated carbocycles. The summed E-state index contributed by atoms with van der Waals surface area (Å²) in [4.78, 5) is 31.7. The van der Waals surface area contributed by atoms with Crippen LogP contribution in [0.25, 0.3) is 22.0 Å². The highest BCUT2D eigenvalue weighted by molar-refractivity contribution is 6.05. The molecule has 236 valence electrons. The summed E-state index contributed by atoms with van der Waals surface area (Å²) < 4.78 is 27.0. The predicted octanol–water partition coefficient (Wildman–Crippen LogP) is 6.33. The van der Waals surface area contributed by atoms with Crippen LogP contribution in [0.3, 0.4) is 0 Å². The topological polar surface area (TPSA) is 111 Å². The highest BCUT2D eigenvalue weighted by Gasteiger charge is 2.25. The number of aromatic nitrogens is 1. The van der Waals surface area contributed by atoms with E-state index in [4.69, 9.17) is 23.7 Å². The fraction of sp³-hybridized carbons (Fsp3) is 0.222. The number of aromatic amines is 1. The van der Waals surface area contributed by atoms with Gasteiger partial charge < -0.3 is 38.9 Å². The van der Waals surface area contributed by atoms with Gasteiger partial charge in [-0.15, -0.1) is 0 Å². The second-order valence-electron chi connectivity index (χ2n) is 10.9. The van der Waals surface area contributed by atoms with Crippen LogP contribution in [0.15, 0.2) is 72.8 Å². The normalized spacial score (nSPS) is 12.3. The van der Waals surface area contributed by atoms with Crippen LogP contribution in [0.1, 0.15) is 32.0 Å². The van der Waals surface area contributed by atoms with Crippen LogP contribution >= 0.6 is 0 Å². The lowest BCUT2D eigenvalue weighted by Crippen LogP contribution is -2.36. The van der Waals surface area contributed by atoms with Crippen LogP contribution in [0.2, 0.25) is 0 Å². The molecule has 46 heavy (non-hydrogen) atoms. The van der Waals surface area contributed by atoms with Crippen LogP contribution in [-0.4, -0.2) is 63.8 Å². The van der Waals surface area contributed by atoms with Crippen molar-refractivity contribution in [2.45, 2.75) is 13.0 Å². The molecule has 10 nitrogen and oxygen atoms in total. The van der Waals surface area contributed by atoms with E-state index >= 15 is 0 Å². The number of nitrogens with one attached hydrogen (secondary N) is 2. The Bertz CT molecular complexity index is 1910. The molecule has 6 rings (SSSR count).